The van der Waals surface area contributed by atoms with Gasteiger partial charge >= 0.3 is 0 Å². The van der Waals surface area contributed by atoms with E-state index in [1.807, 2.05) is 13.0 Å². The van der Waals surface area contributed by atoms with Crippen molar-refractivity contribution in [2.75, 3.05) is 13.6 Å². The molecule has 2 atom stereocenters. The molecule has 1 fully saturated rings. The fourth-order valence-electron chi connectivity index (χ4n) is 1.89. The van der Waals surface area contributed by atoms with Crippen molar-refractivity contribution in [1.29, 1.82) is 0 Å². The number of amides is 1. The van der Waals surface area contributed by atoms with Crippen molar-refractivity contribution in [2.24, 2.45) is 0 Å². The fourth-order valence-corrected chi connectivity index (χ4v) is 1.89. The average molecular weight is 264 g/mol. The molecule has 0 bridgehead atoms. The normalized spacial score (nSPS) is 20.9. The highest BCUT2D eigenvalue weighted by molar-refractivity contribution is 5.83. The Bertz CT molecular complexity index is 503. The third-order valence-corrected chi connectivity index (χ3v) is 3.19. The molecular formula is C13H16N2O4. The van der Waals surface area contributed by atoms with Gasteiger partial charge in [0, 0.05) is 25.7 Å². The second-order valence-electron chi connectivity index (χ2n) is 4.70. The van der Waals surface area contributed by atoms with E-state index in [9.17, 15) is 14.9 Å². The largest absolute Gasteiger partial charge is 0.359 e. The van der Waals surface area contributed by atoms with Crippen LogP contribution in [0.5, 0.6) is 0 Å². The van der Waals surface area contributed by atoms with Crippen LogP contribution in [0.15, 0.2) is 24.3 Å². The number of ether oxygens (including phenoxy) is 1. The molecule has 102 valence electrons. The molecule has 0 aromatic heterocycles. The minimum atomic E-state index is -0.419. The lowest BCUT2D eigenvalue weighted by atomic mass is 10.1. The van der Waals surface area contributed by atoms with Crippen LogP contribution >= 0.6 is 0 Å². The Morgan fingerprint density at radius 3 is 2.79 bits per heavy atom. The molecule has 1 aliphatic heterocycles. The van der Waals surface area contributed by atoms with Crippen molar-refractivity contribution >= 4 is 11.6 Å². The maximum Gasteiger partial charge on any atom is 0.269 e. The highest BCUT2D eigenvalue weighted by Gasteiger charge is 2.42. The fraction of sp³-hybridized carbons (Fsp3) is 0.462. The summed E-state index contributed by atoms with van der Waals surface area (Å²) in [5.74, 6) is -0.0297. The van der Waals surface area contributed by atoms with Gasteiger partial charge in [-0.05, 0) is 18.9 Å². The van der Waals surface area contributed by atoms with Crippen LogP contribution in [-0.4, -0.2) is 41.5 Å². The van der Waals surface area contributed by atoms with Crippen LogP contribution in [0.3, 0.4) is 0 Å². The monoisotopic (exact) mass is 264 g/mol. The number of hydrogen-bond donors (Lipinski definition) is 0. The molecule has 19 heavy (non-hydrogen) atoms. The van der Waals surface area contributed by atoms with E-state index in [1.54, 1.807) is 18.0 Å². The molecule has 0 aliphatic carbocycles. The number of nitro benzene ring substituents is 1. The van der Waals surface area contributed by atoms with Crippen molar-refractivity contribution in [2.45, 2.75) is 25.6 Å². The van der Waals surface area contributed by atoms with Crippen molar-refractivity contribution in [3.63, 3.8) is 0 Å². The number of hydrogen-bond acceptors (Lipinski definition) is 4. The first-order valence-electron chi connectivity index (χ1n) is 6.13. The topological polar surface area (TPSA) is 76.0 Å². The van der Waals surface area contributed by atoms with Crippen LogP contribution in [-0.2, 0) is 16.0 Å². The predicted octanol–water partition coefficient (Wildman–Crippen LogP) is 1.38. The molecule has 6 nitrogen and oxygen atoms in total. The number of non-ortho nitro benzene ring substituents is 1. The molecule has 1 heterocycles. The van der Waals surface area contributed by atoms with Gasteiger partial charge in [-0.2, -0.15) is 0 Å². The molecule has 0 spiro atoms. The molecule has 1 aromatic rings. The van der Waals surface area contributed by atoms with Gasteiger partial charge in [-0.25, -0.2) is 0 Å². The van der Waals surface area contributed by atoms with E-state index in [0.717, 1.165) is 5.56 Å². The van der Waals surface area contributed by atoms with Gasteiger partial charge in [-0.3, -0.25) is 14.9 Å². The van der Waals surface area contributed by atoms with Gasteiger partial charge in [0.05, 0.1) is 11.0 Å². The first-order chi connectivity index (χ1) is 8.99. The van der Waals surface area contributed by atoms with Gasteiger partial charge in [-0.15, -0.1) is 0 Å². The lowest BCUT2D eigenvalue weighted by molar-refractivity contribution is -0.384. The van der Waals surface area contributed by atoms with Crippen LogP contribution in [0.1, 0.15) is 12.5 Å². The molecule has 1 saturated heterocycles. The van der Waals surface area contributed by atoms with Crippen LogP contribution in [0, 0.1) is 10.1 Å². The Kier molecular flexibility index (Phi) is 3.80. The summed E-state index contributed by atoms with van der Waals surface area (Å²) < 4.78 is 5.12. The lowest BCUT2D eigenvalue weighted by Crippen LogP contribution is -2.33. The van der Waals surface area contributed by atoms with Crippen LogP contribution in [0.4, 0.5) is 5.69 Å². The number of carbonyl (C=O) groups excluding carboxylic acids is 1. The molecular weight excluding hydrogens is 248 g/mol. The van der Waals surface area contributed by atoms with Crippen molar-refractivity contribution in [3.8, 4) is 0 Å². The summed E-state index contributed by atoms with van der Waals surface area (Å²) >= 11 is 0. The summed E-state index contributed by atoms with van der Waals surface area (Å²) in [7, 11) is 1.72. The summed E-state index contributed by atoms with van der Waals surface area (Å²) in [4.78, 5) is 23.6. The third kappa shape index (κ3) is 3.29. The number of epoxide rings is 1. The number of nitrogens with zero attached hydrogens (tertiary/aromatic N) is 2. The highest BCUT2D eigenvalue weighted by atomic mass is 16.6. The van der Waals surface area contributed by atoms with Crippen molar-refractivity contribution in [1.82, 2.24) is 4.90 Å². The number of rotatable bonds is 5. The zero-order valence-electron chi connectivity index (χ0n) is 10.9. The Labute approximate surface area is 111 Å². The summed E-state index contributed by atoms with van der Waals surface area (Å²) in [5, 5.41) is 10.7. The minimum absolute atomic E-state index is 0.00719. The van der Waals surface area contributed by atoms with Crippen LogP contribution < -0.4 is 0 Å². The summed E-state index contributed by atoms with van der Waals surface area (Å²) in [5.41, 5.74) is 0.921. The standard InChI is InChI=1S/C13H16N2O4/c1-9-12(19-9)13(16)14(2)7-6-10-4-3-5-11(8-10)15(17)18/h3-5,8-9,12H,6-7H2,1-2H3/t9-,12+/m0/s1. The van der Waals surface area contributed by atoms with E-state index < -0.39 is 4.92 Å². The predicted molar refractivity (Wildman–Crippen MR) is 68.8 cm³/mol. The Morgan fingerprint density at radius 1 is 1.53 bits per heavy atom. The first kappa shape index (κ1) is 13.5. The molecule has 0 unspecified atom stereocenters. The van der Waals surface area contributed by atoms with E-state index in [1.165, 1.54) is 12.1 Å². The maximum atomic E-state index is 11.8. The molecule has 0 radical (unpaired) electrons. The molecule has 1 amide bonds. The summed E-state index contributed by atoms with van der Waals surface area (Å²) in [6.45, 7) is 2.38. The van der Waals surface area contributed by atoms with Crippen LogP contribution in [0.2, 0.25) is 0 Å². The Hall–Kier alpha value is -1.95. The van der Waals surface area contributed by atoms with Gasteiger partial charge < -0.3 is 9.64 Å². The van der Waals surface area contributed by atoms with E-state index in [0.29, 0.717) is 13.0 Å². The zero-order valence-corrected chi connectivity index (χ0v) is 10.9. The Morgan fingerprint density at radius 2 is 2.21 bits per heavy atom. The van der Waals surface area contributed by atoms with Crippen molar-refractivity contribution < 1.29 is 14.5 Å². The van der Waals surface area contributed by atoms with Gasteiger partial charge in [0.15, 0.2) is 6.10 Å². The lowest BCUT2D eigenvalue weighted by Gasteiger charge is -2.15. The summed E-state index contributed by atoms with van der Waals surface area (Å²) in [6, 6.07) is 6.47. The second kappa shape index (κ2) is 5.36. The van der Waals surface area contributed by atoms with E-state index in [-0.39, 0.29) is 23.8 Å². The SMILES string of the molecule is C[C@@H]1O[C@H]1C(=O)N(C)CCc1cccc([N+](=O)[O-])c1. The molecule has 1 aliphatic rings. The van der Waals surface area contributed by atoms with Gasteiger partial charge in [0.25, 0.3) is 11.6 Å². The van der Waals surface area contributed by atoms with Gasteiger partial charge in [0.1, 0.15) is 0 Å². The van der Waals surface area contributed by atoms with E-state index in [4.69, 9.17) is 4.74 Å². The first-order valence-corrected chi connectivity index (χ1v) is 6.13. The van der Waals surface area contributed by atoms with Crippen molar-refractivity contribution in [3.05, 3.63) is 39.9 Å². The van der Waals surface area contributed by atoms with Crippen LogP contribution in [0.25, 0.3) is 0 Å². The number of likely N-dealkylation sites (N-methyl/N-ethyl adjacent to an activating group) is 1. The number of benzene rings is 1. The smallest absolute Gasteiger partial charge is 0.269 e. The van der Waals surface area contributed by atoms with E-state index in [2.05, 4.69) is 0 Å². The molecule has 1 aromatic carbocycles. The number of nitro groups is 1. The third-order valence-electron chi connectivity index (χ3n) is 3.19. The maximum absolute atomic E-state index is 11.8. The molecule has 0 saturated carbocycles. The second-order valence-corrected chi connectivity index (χ2v) is 4.70. The summed E-state index contributed by atoms with van der Waals surface area (Å²) in [6.07, 6.45) is 0.285. The quantitative estimate of drug-likeness (QED) is 0.457. The molecule has 2 rings (SSSR count). The average Bonchev–Trinajstić information content (AvgIpc) is 3.12. The minimum Gasteiger partial charge on any atom is -0.359 e. The van der Waals surface area contributed by atoms with E-state index >= 15 is 0 Å². The van der Waals surface area contributed by atoms with Gasteiger partial charge in [-0.1, -0.05) is 12.1 Å². The zero-order chi connectivity index (χ0) is 14.0. The van der Waals surface area contributed by atoms with Gasteiger partial charge in [0.2, 0.25) is 0 Å². The molecule has 0 N–H and O–H groups in total. The highest BCUT2D eigenvalue weighted by Crippen LogP contribution is 2.23. The number of carbonyl (C=O) groups is 1. The Balaban J connectivity index is 1.89. The molecule has 6 heteroatoms.